The summed E-state index contributed by atoms with van der Waals surface area (Å²) < 4.78 is 7.62. The quantitative estimate of drug-likeness (QED) is 0.780. The number of aromatic nitrogens is 3. The van der Waals surface area contributed by atoms with Crippen molar-refractivity contribution in [3.8, 4) is 0 Å². The minimum absolute atomic E-state index is 0.0231. The second-order valence-corrected chi connectivity index (χ2v) is 5.56. The van der Waals surface area contributed by atoms with Gasteiger partial charge in [-0.15, -0.1) is 0 Å². The summed E-state index contributed by atoms with van der Waals surface area (Å²) >= 11 is 0. The lowest BCUT2D eigenvalue weighted by Crippen LogP contribution is -2.57. The Morgan fingerprint density at radius 3 is 3.05 bits per heavy atom. The predicted octanol–water partition coefficient (Wildman–Crippen LogP) is 1.12. The maximum Gasteiger partial charge on any atom is 0.274 e. The van der Waals surface area contributed by atoms with Gasteiger partial charge in [0.15, 0.2) is 0 Å². The van der Waals surface area contributed by atoms with E-state index in [0.29, 0.717) is 31.2 Å². The third kappa shape index (κ3) is 1.79. The van der Waals surface area contributed by atoms with Crippen LogP contribution in [0.25, 0.3) is 5.78 Å². The molecule has 20 heavy (non-hydrogen) atoms. The van der Waals surface area contributed by atoms with E-state index in [9.17, 15) is 4.79 Å². The van der Waals surface area contributed by atoms with Crippen LogP contribution < -0.4 is 0 Å². The van der Waals surface area contributed by atoms with Crippen molar-refractivity contribution < 1.29 is 9.53 Å². The first kappa shape index (κ1) is 11.8. The minimum Gasteiger partial charge on any atom is -0.371 e. The number of nitrogens with zero attached hydrogens (tertiary/aromatic N) is 4. The van der Waals surface area contributed by atoms with Crippen LogP contribution in [0.3, 0.4) is 0 Å². The van der Waals surface area contributed by atoms with Crippen molar-refractivity contribution in [2.45, 2.75) is 24.9 Å². The molecule has 6 heteroatoms. The molecule has 0 atom stereocenters. The first-order valence-electron chi connectivity index (χ1n) is 6.99. The monoisotopic (exact) mass is 272 g/mol. The number of ether oxygens (including phenoxy) is 1. The Kier molecular flexibility index (Phi) is 2.53. The van der Waals surface area contributed by atoms with Gasteiger partial charge in [0.2, 0.25) is 5.78 Å². The number of rotatable bonds is 1. The Morgan fingerprint density at radius 2 is 2.30 bits per heavy atom. The van der Waals surface area contributed by atoms with Gasteiger partial charge in [0.1, 0.15) is 5.69 Å². The number of hydrogen-bond donors (Lipinski definition) is 0. The highest BCUT2D eigenvalue weighted by atomic mass is 16.5. The molecule has 2 aliphatic rings. The molecule has 2 aromatic heterocycles. The Labute approximate surface area is 116 Å². The fourth-order valence-electron chi connectivity index (χ4n) is 2.99. The average Bonchev–Trinajstić information content (AvgIpc) is 2.89. The summed E-state index contributed by atoms with van der Waals surface area (Å²) in [7, 11) is 0. The molecule has 0 aromatic carbocycles. The Balaban J connectivity index is 1.59. The van der Waals surface area contributed by atoms with E-state index in [2.05, 4.69) is 9.97 Å². The van der Waals surface area contributed by atoms with Gasteiger partial charge in [0.05, 0.1) is 18.8 Å². The van der Waals surface area contributed by atoms with E-state index >= 15 is 0 Å². The number of imidazole rings is 1. The van der Waals surface area contributed by atoms with Crippen LogP contribution in [0.1, 0.15) is 29.8 Å². The molecule has 3 heterocycles. The van der Waals surface area contributed by atoms with E-state index in [1.165, 1.54) is 6.42 Å². The smallest absolute Gasteiger partial charge is 0.274 e. The number of hydrogen-bond acceptors (Lipinski definition) is 4. The molecule has 1 aliphatic carbocycles. The fraction of sp³-hybridized carbons (Fsp3) is 0.500. The van der Waals surface area contributed by atoms with Crippen molar-refractivity contribution in [2.75, 3.05) is 19.7 Å². The van der Waals surface area contributed by atoms with E-state index in [0.717, 1.165) is 12.8 Å². The highest BCUT2D eigenvalue weighted by molar-refractivity contribution is 5.92. The van der Waals surface area contributed by atoms with Crippen molar-refractivity contribution in [2.24, 2.45) is 0 Å². The van der Waals surface area contributed by atoms with Crippen molar-refractivity contribution in [3.63, 3.8) is 0 Å². The summed E-state index contributed by atoms with van der Waals surface area (Å²) in [6, 6.07) is 1.82. The maximum atomic E-state index is 12.6. The van der Waals surface area contributed by atoms with E-state index in [-0.39, 0.29) is 11.5 Å². The molecule has 0 unspecified atom stereocenters. The zero-order valence-electron chi connectivity index (χ0n) is 11.2. The van der Waals surface area contributed by atoms with Gasteiger partial charge in [-0.25, -0.2) is 9.97 Å². The van der Waals surface area contributed by atoms with Gasteiger partial charge in [-0.2, -0.15) is 0 Å². The van der Waals surface area contributed by atoms with Crippen LogP contribution in [0.4, 0.5) is 0 Å². The molecule has 0 radical (unpaired) electrons. The summed E-state index contributed by atoms with van der Waals surface area (Å²) in [5.41, 5.74) is 0.380. The lowest BCUT2D eigenvalue weighted by Gasteiger charge is -2.48. The Hall–Kier alpha value is -1.95. The Bertz CT molecular complexity index is 629. The lowest BCUT2D eigenvalue weighted by molar-refractivity contribution is -0.142. The average molecular weight is 272 g/mol. The third-order valence-corrected chi connectivity index (χ3v) is 4.26. The molecule has 2 aromatic rings. The number of morpholine rings is 1. The van der Waals surface area contributed by atoms with Crippen LogP contribution >= 0.6 is 0 Å². The number of amides is 1. The van der Waals surface area contributed by atoms with Gasteiger partial charge in [-0.3, -0.25) is 9.20 Å². The number of carbonyl (C=O) groups is 1. The molecular weight excluding hydrogens is 256 g/mol. The van der Waals surface area contributed by atoms with Crippen molar-refractivity contribution in [3.05, 3.63) is 30.4 Å². The van der Waals surface area contributed by atoms with Crippen LogP contribution in [0.2, 0.25) is 0 Å². The first-order valence-corrected chi connectivity index (χ1v) is 6.99. The molecule has 1 amide bonds. The molecule has 1 saturated carbocycles. The van der Waals surface area contributed by atoms with Crippen LogP contribution in [0.15, 0.2) is 24.7 Å². The van der Waals surface area contributed by atoms with Gasteiger partial charge in [-0.1, -0.05) is 0 Å². The molecule has 6 nitrogen and oxygen atoms in total. The van der Waals surface area contributed by atoms with E-state index in [1.54, 1.807) is 16.8 Å². The zero-order valence-corrected chi connectivity index (χ0v) is 11.2. The van der Waals surface area contributed by atoms with Gasteiger partial charge in [0.25, 0.3) is 5.91 Å². The second kappa shape index (κ2) is 4.28. The second-order valence-electron chi connectivity index (χ2n) is 5.56. The highest BCUT2D eigenvalue weighted by Crippen LogP contribution is 2.38. The molecule has 4 rings (SSSR count). The number of carbonyl (C=O) groups excluding carboxylic acids is 1. The molecule has 1 saturated heterocycles. The van der Waals surface area contributed by atoms with Crippen LogP contribution in [0, 0.1) is 0 Å². The molecule has 2 fully saturated rings. The first-order chi connectivity index (χ1) is 9.76. The molecule has 0 bridgehead atoms. The van der Waals surface area contributed by atoms with Gasteiger partial charge >= 0.3 is 0 Å². The standard InChI is InChI=1S/C14H16N4O2/c19-12(11-9-17-6-2-5-15-13(17)16-11)18-7-8-20-14(10-18)3-1-4-14/h2,5-6,9H,1,3-4,7-8,10H2. The van der Waals surface area contributed by atoms with Gasteiger partial charge in [0, 0.05) is 25.1 Å². The SMILES string of the molecule is O=C(c1cn2cccnc2n1)N1CCOC2(CCC2)C1. The molecular formula is C14H16N4O2. The summed E-state index contributed by atoms with van der Waals surface area (Å²) in [5, 5.41) is 0. The third-order valence-electron chi connectivity index (χ3n) is 4.26. The topological polar surface area (TPSA) is 59.7 Å². The van der Waals surface area contributed by atoms with E-state index in [1.807, 2.05) is 17.2 Å². The van der Waals surface area contributed by atoms with Crippen molar-refractivity contribution >= 4 is 11.7 Å². The normalized spacial score (nSPS) is 21.1. The zero-order chi connectivity index (χ0) is 13.6. The maximum absolute atomic E-state index is 12.6. The van der Waals surface area contributed by atoms with Crippen molar-refractivity contribution in [1.82, 2.24) is 19.3 Å². The molecule has 1 spiro atoms. The van der Waals surface area contributed by atoms with Crippen LogP contribution in [-0.4, -0.2) is 50.5 Å². The van der Waals surface area contributed by atoms with Gasteiger partial charge < -0.3 is 9.64 Å². The lowest BCUT2D eigenvalue weighted by atomic mass is 9.79. The fourth-order valence-corrected chi connectivity index (χ4v) is 2.99. The molecule has 0 N–H and O–H groups in total. The summed E-state index contributed by atoms with van der Waals surface area (Å²) in [5.74, 6) is 0.535. The summed E-state index contributed by atoms with van der Waals surface area (Å²) in [6.07, 6.45) is 8.58. The predicted molar refractivity (Wildman–Crippen MR) is 71.4 cm³/mol. The summed E-state index contributed by atoms with van der Waals surface area (Å²) in [6.45, 7) is 1.95. The largest absolute Gasteiger partial charge is 0.371 e. The molecule has 1 aliphatic heterocycles. The highest BCUT2D eigenvalue weighted by Gasteiger charge is 2.43. The van der Waals surface area contributed by atoms with Crippen LogP contribution in [0.5, 0.6) is 0 Å². The van der Waals surface area contributed by atoms with Gasteiger partial charge in [-0.05, 0) is 25.3 Å². The molecule has 104 valence electrons. The van der Waals surface area contributed by atoms with E-state index in [4.69, 9.17) is 4.74 Å². The van der Waals surface area contributed by atoms with Crippen molar-refractivity contribution in [1.29, 1.82) is 0 Å². The minimum atomic E-state index is -0.0781. The Morgan fingerprint density at radius 1 is 1.40 bits per heavy atom. The van der Waals surface area contributed by atoms with Crippen LogP contribution in [-0.2, 0) is 4.74 Å². The van der Waals surface area contributed by atoms with E-state index < -0.39 is 0 Å². The number of fused-ring (bicyclic) bond motifs is 1. The summed E-state index contributed by atoms with van der Waals surface area (Å²) in [4.78, 5) is 22.9.